The number of rotatable bonds is 3. The van der Waals surface area contributed by atoms with E-state index < -0.39 is 26.5 Å². The molecule has 2 aliphatic rings. The zero-order valence-electron chi connectivity index (χ0n) is 16.2. The van der Waals surface area contributed by atoms with E-state index in [2.05, 4.69) is 15.2 Å². The van der Waals surface area contributed by atoms with Crippen molar-refractivity contribution in [1.82, 2.24) is 4.90 Å². The lowest BCUT2D eigenvalue weighted by Crippen LogP contribution is -2.31. The molecule has 8 nitrogen and oxygen atoms in total. The molecule has 12 heteroatoms. The number of fused-ring (bicyclic) bond motifs is 1. The monoisotopic (exact) mass is 450 g/mol. The molecule has 2 aromatic carbocycles. The van der Waals surface area contributed by atoms with Crippen molar-refractivity contribution in [2.24, 2.45) is 21.0 Å². The second kappa shape index (κ2) is 7.15. The van der Waals surface area contributed by atoms with Gasteiger partial charge in [0.15, 0.2) is 28.3 Å². The summed E-state index contributed by atoms with van der Waals surface area (Å²) in [6, 6.07) is 7.21. The van der Waals surface area contributed by atoms with E-state index in [9.17, 15) is 21.6 Å². The molecule has 0 atom stereocenters. The third-order valence-corrected chi connectivity index (χ3v) is 6.25. The topological polar surface area (TPSA) is 124 Å². The average Bonchev–Trinajstić information content (AvgIpc) is 3.34. The molecule has 31 heavy (non-hydrogen) atoms. The second-order valence-corrected chi connectivity index (χ2v) is 9.18. The minimum Gasteiger partial charge on any atom is -0.370 e. The summed E-state index contributed by atoms with van der Waals surface area (Å²) in [5, 5.41) is 15.1. The SMILES string of the molecule is CS(=O)(=O)c1c(C(F)(F)F)ccc(-c2ccc3c(c2)CN(C(=N)N)C3)c1C1=NCN=N1. The summed E-state index contributed by atoms with van der Waals surface area (Å²) in [5.74, 6) is -0.250. The van der Waals surface area contributed by atoms with E-state index >= 15 is 0 Å². The molecular weight excluding hydrogens is 433 g/mol. The molecule has 162 valence electrons. The summed E-state index contributed by atoms with van der Waals surface area (Å²) in [5.41, 5.74) is 6.57. The van der Waals surface area contributed by atoms with E-state index in [0.717, 1.165) is 23.4 Å². The number of halogens is 3. The summed E-state index contributed by atoms with van der Waals surface area (Å²) < 4.78 is 66.0. The van der Waals surface area contributed by atoms with E-state index in [1.807, 2.05) is 0 Å². The highest BCUT2D eigenvalue weighted by Gasteiger charge is 2.39. The van der Waals surface area contributed by atoms with Crippen LogP contribution in [0.4, 0.5) is 13.2 Å². The molecule has 0 aromatic heterocycles. The molecule has 2 aliphatic heterocycles. The van der Waals surface area contributed by atoms with Gasteiger partial charge in [0.25, 0.3) is 0 Å². The van der Waals surface area contributed by atoms with Crippen LogP contribution in [0.2, 0.25) is 0 Å². The number of nitrogens with one attached hydrogen (secondary N) is 1. The third-order valence-electron chi connectivity index (χ3n) is 5.09. The maximum atomic E-state index is 13.7. The van der Waals surface area contributed by atoms with Crippen molar-refractivity contribution in [2.75, 3.05) is 12.9 Å². The Morgan fingerprint density at radius 2 is 1.87 bits per heavy atom. The quantitative estimate of drug-likeness (QED) is 0.550. The van der Waals surface area contributed by atoms with Crippen LogP contribution in [0.1, 0.15) is 22.3 Å². The maximum Gasteiger partial charge on any atom is 0.417 e. The lowest BCUT2D eigenvalue weighted by Gasteiger charge is -2.18. The Hall–Kier alpha value is -3.28. The van der Waals surface area contributed by atoms with Crippen molar-refractivity contribution in [3.63, 3.8) is 0 Å². The van der Waals surface area contributed by atoms with Gasteiger partial charge in [0.1, 0.15) is 0 Å². The van der Waals surface area contributed by atoms with Gasteiger partial charge >= 0.3 is 6.18 Å². The molecule has 0 saturated carbocycles. The van der Waals surface area contributed by atoms with Crippen molar-refractivity contribution in [3.8, 4) is 11.1 Å². The Morgan fingerprint density at radius 3 is 2.45 bits per heavy atom. The highest BCUT2D eigenvalue weighted by Crippen LogP contribution is 2.41. The summed E-state index contributed by atoms with van der Waals surface area (Å²) in [6.07, 6.45) is -4.16. The molecule has 0 fully saturated rings. The number of azo groups is 1. The van der Waals surface area contributed by atoms with Gasteiger partial charge in [-0.2, -0.15) is 18.3 Å². The highest BCUT2D eigenvalue weighted by atomic mass is 32.2. The smallest absolute Gasteiger partial charge is 0.370 e. The molecule has 0 unspecified atom stereocenters. The Labute approximate surface area is 175 Å². The summed E-state index contributed by atoms with van der Waals surface area (Å²) in [4.78, 5) is 4.76. The fourth-order valence-corrected chi connectivity index (χ4v) is 4.90. The first kappa shape index (κ1) is 21.0. The first-order valence-corrected chi connectivity index (χ1v) is 10.9. The standard InChI is InChI=1S/C19H17F3N6O2S/c1-31(29,30)16-14(19(20,21)22)5-4-13(15(16)17-25-9-26-27-17)10-2-3-11-7-28(18(23)24)8-12(11)6-10/h2-6H,7-9H2,1H3,(H3,23,24). The molecule has 0 saturated heterocycles. The van der Waals surface area contributed by atoms with E-state index in [4.69, 9.17) is 11.1 Å². The van der Waals surface area contributed by atoms with Crippen LogP contribution in [0.25, 0.3) is 11.1 Å². The van der Waals surface area contributed by atoms with Gasteiger partial charge in [-0.1, -0.05) is 18.2 Å². The van der Waals surface area contributed by atoms with Gasteiger partial charge in [-0.05, 0) is 34.4 Å². The molecule has 2 aromatic rings. The molecule has 0 radical (unpaired) electrons. The minimum absolute atomic E-state index is 0.0898. The van der Waals surface area contributed by atoms with Crippen molar-refractivity contribution in [2.45, 2.75) is 24.2 Å². The average molecular weight is 450 g/mol. The van der Waals surface area contributed by atoms with Gasteiger partial charge in [-0.15, -0.1) is 5.11 Å². The van der Waals surface area contributed by atoms with Crippen molar-refractivity contribution in [1.29, 1.82) is 5.41 Å². The summed E-state index contributed by atoms with van der Waals surface area (Å²) in [6.45, 7) is 0.723. The molecule has 0 amide bonds. The Bertz CT molecular complexity index is 1270. The van der Waals surface area contributed by atoms with Crippen molar-refractivity contribution in [3.05, 3.63) is 52.6 Å². The predicted octanol–water partition coefficient (Wildman–Crippen LogP) is 3.15. The molecule has 0 aliphatic carbocycles. The van der Waals surface area contributed by atoms with Gasteiger partial charge in [0.2, 0.25) is 0 Å². The van der Waals surface area contributed by atoms with Crippen LogP contribution in [0.15, 0.2) is 50.4 Å². The van der Waals surface area contributed by atoms with Crippen LogP contribution in [-0.2, 0) is 29.1 Å². The number of hydrogen-bond acceptors (Lipinski definition) is 6. The molecule has 2 heterocycles. The Morgan fingerprint density at radius 1 is 1.16 bits per heavy atom. The minimum atomic E-state index is -4.89. The highest BCUT2D eigenvalue weighted by molar-refractivity contribution is 7.90. The lowest BCUT2D eigenvalue weighted by molar-refractivity contribution is -0.139. The first-order valence-electron chi connectivity index (χ1n) is 9.04. The Balaban J connectivity index is 1.98. The van der Waals surface area contributed by atoms with Crippen LogP contribution >= 0.6 is 0 Å². The number of benzene rings is 2. The van der Waals surface area contributed by atoms with E-state index in [1.54, 1.807) is 23.1 Å². The fourth-order valence-electron chi connectivity index (χ4n) is 3.74. The van der Waals surface area contributed by atoms with Crippen LogP contribution in [0, 0.1) is 5.41 Å². The summed E-state index contributed by atoms with van der Waals surface area (Å²) >= 11 is 0. The first-order chi connectivity index (χ1) is 14.5. The van der Waals surface area contributed by atoms with Crippen LogP contribution in [-0.4, -0.2) is 38.0 Å². The third kappa shape index (κ3) is 3.78. The Kier molecular flexibility index (Phi) is 4.84. The number of nitrogens with zero attached hydrogens (tertiary/aromatic N) is 4. The number of nitrogens with two attached hydrogens (primary N) is 1. The number of alkyl halides is 3. The zero-order chi connectivity index (χ0) is 22.6. The molecule has 3 N–H and O–H groups in total. The maximum absolute atomic E-state index is 13.7. The fraction of sp³-hybridized carbons (Fsp3) is 0.263. The number of sulfone groups is 1. The van der Waals surface area contributed by atoms with Crippen molar-refractivity contribution >= 4 is 21.6 Å². The largest absolute Gasteiger partial charge is 0.417 e. The van der Waals surface area contributed by atoms with Gasteiger partial charge in [0.05, 0.1) is 10.5 Å². The van der Waals surface area contributed by atoms with E-state index in [-0.39, 0.29) is 29.6 Å². The van der Waals surface area contributed by atoms with Gasteiger partial charge in [0, 0.05) is 24.9 Å². The van der Waals surface area contributed by atoms with Gasteiger partial charge in [-0.3, -0.25) is 5.41 Å². The van der Waals surface area contributed by atoms with Gasteiger partial charge in [-0.25, -0.2) is 13.4 Å². The van der Waals surface area contributed by atoms with Crippen LogP contribution in [0.3, 0.4) is 0 Å². The van der Waals surface area contributed by atoms with E-state index in [0.29, 0.717) is 18.7 Å². The van der Waals surface area contributed by atoms with E-state index in [1.165, 1.54) is 6.07 Å². The van der Waals surface area contributed by atoms with Crippen LogP contribution < -0.4 is 5.73 Å². The lowest BCUT2D eigenvalue weighted by atomic mass is 9.94. The molecule has 4 rings (SSSR count). The number of aliphatic imine (C=N–C) groups is 1. The number of hydrogen-bond donors (Lipinski definition) is 2. The summed E-state index contributed by atoms with van der Waals surface area (Å²) in [7, 11) is -4.30. The zero-order valence-corrected chi connectivity index (χ0v) is 17.0. The second-order valence-electron chi connectivity index (χ2n) is 7.22. The van der Waals surface area contributed by atoms with Crippen molar-refractivity contribution < 1.29 is 21.6 Å². The molecule has 0 bridgehead atoms. The van der Waals surface area contributed by atoms with Gasteiger partial charge < -0.3 is 10.6 Å². The molecule has 0 spiro atoms. The number of amidine groups is 1. The number of guanidine groups is 1. The van der Waals surface area contributed by atoms with Crippen LogP contribution in [0.5, 0.6) is 0 Å². The predicted molar refractivity (Wildman–Crippen MR) is 107 cm³/mol. The molecular formula is C19H17F3N6O2S. The normalized spacial score (nSPS) is 15.9.